The fourth-order valence-corrected chi connectivity index (χ4v) is 3.25. The SMILES string of the molecule is CCNCc1ccccc1N(CC(C)C)C1CCCC1. The van der Waals surface area contributed by atoms with Crippen LogP contribution in [0.3, 0.4) is 0 Å². The predicted molar refractivity (Wildman–Crippen MR) is 88.3 cm³/mol. The lowest BCUT2D eigenvalue weighted by atomic mass is 10.1. The molecule has 1 N–H and O–H groups in total. The molecule has 2 rings (SSSR count). The molecule has 1 aromatic rings. The molecule has 20 heavy (non-hydrogen) atoms. The second-order valence-corrected chi connectivity index (χ2v) is 6.39. The first-order valence-corrected chi connectivity index (χ1v) is 8.27. The fourth-order valence-electron chi connectivity index (χ4n) is 3.25. The number of anilines is 1. The highest BCUT2D eigenvalue weighted by molar-refractivity contribution is 5.54. The molecule has 0 saturated heterocycles. The van der Waals surface area contributed by atoms with Gasteiger partial charge in [-0.2, -0.15) is 0 Å². The van der Waals surface area contributed by atoms with Crippen LogP contribution in [0.4, 0.5) is 5.69 Å². The zero-order valence-electron chi connectivity index (χ0n) is 13.4. The second-order valence-electron chi connectivity index (χ2n) is 6.39. The van der Waals surface area contributed by atoms with Crippen LogP contribution in [-0.2, 0) is 6.54 Å². The van der Waals surface area contributed by atoms with Crippen molar-refractivity contribution < 1.29 is 0 Å². The van der Waals surface area contributed by atoms with Gasteiger partial charge in [-0.3, -0.25) is 0 Å². The van der Waals surface area contributed by atoms with Crippen LogP contribution >= 0.6 is 0 Å². The minimum atomic E-state index is 0.711. The van der Waals surface area contributed by atoms with Crippen LogP contribution in [0.15, 0.2) is 24.3 Å². The van der Waals surface area contributed by atoms with Crippen LogP contribution in [-0.4, -0.2) is 19.1 Å². The Kier molecular flexibility index (Phi) is 5.90. The molecule has 0 aliphatic heterocycles. The monoisotopic (exact) mass is 274 g/mol. The Labute approximate surface area is 124 Å². The van der Waals surface area contributed by atoms with Gasteiger partial charge in [-0.1, -0.05) is 51.8 Å². The van der Waals surface area contributed by atoms with Crippen molar-refractivity contribution in [1.29, 1.82) is 0 Å². The van der Waals surface area contributed by atoms with Gasteiger partial charge in [-0.05, 0) is 36.9 Å². The summed E-state index contributed by atoms with van der Waals surface area (Å²) in [6.07, 6.45) is 5.52. The molecule has 1 saturated carbocycles. The molecule has 0 spiro atoms. The molecule has 2 heteroatoms. The number of nitrogens with one attached hydrogen (secondary N) is 1. The molecule has 1 aliphatic rings. The van der Waals surface area contributed by atoms with Crippen molar-refractivity contribution in [2.75, 3.05) is 18.0 Å². The van der Waals surface area contributed by atoms with E-state index in [9.17, 15) is 0 Å². The van der Waals surface area contributed by atoms with Crippen LogP contribution in [0.5, 0.6) is 0 Å². The summed E-state index contributed by atoms with van der Waals surface area (Å²) in [4.78, 5) is 2.68. The number of benzene rings is 1. The number of hydrogen-bond donors (Lipinski definition) is 1. The molecule has 1 fully saturated rings. The highest BCUT2D eigenvalue weighted by Crippen LogP contribution is 2.31. The van der Waals surface area contributed by atoms with Gasteiger partial charge in [0.1, 0.15) is 0 Å². The summed E-state index contributed by atoms with van der Waals surface area (Å²) >= 11 is 0. The molecule has 0 radical (unpaired) electrons. The van der Waals surface area contributed by atoms with Gasteiger partial charge in [0.25, 0.3) is 0 Å². The van der Waals surface area contributed by atoms with Crippen molar-refractivity contribution in [3.05, 3.63) is 29.8 Å². The van der Waals surface area contributed by atoms with Crippen LogP contribution in [0.25, 0.3) is 0 Å². The second kappa shape index (κ2) is 7.68. The standard InChI is InChI=1S/C18H30N2/c1-4-19-13-16-9-5-8-12-18(16)20(14-15(2)3)17-10-6-7-11-17/h5,8-9,12,15,17,19H,4,6-7,10-11,13-14H2,1-3H3. The smallest absolute Gasteiger partial charge is 0.0414 e. The first-order chi connectivity index (χ1) is 9.72. The fraction of sp³-hybridized carbons (Fsp3) is 0.667. The number of rotatable bonds is 7. The Morgan fingerprint density at radius 1 is 1.20 bits per heavy atom. The van der Waals surface area contributed by atoms with Crippen LogP contribution in [0.1, 0.15) is 52.0 Å². The number of para-hydroxylation sites is 1. The zero-order valence-corrected chi connectivity index (χ0v) is 13.4. The summed E-state index contributed by atoms with van der Waals surface area (Å²) < 4.78 is 0. The van der Waals surface area contributed by atoms with E-state index in [2.05, 4.69) is 55.3 Å². The Balaban J connectivity index is 2.22. The van der Waals surface area contributed by atoms with E-state index in [-0.39, 0.29) is 0 Å². The first-order valence-electron chi connectivity index (χ1n) is 8.27. The minimum Gasteiger partial charge on any atom is -0.368 e. The van der Waals surface area contributed by atoms with Crippen molar-refractivity contribution in [3.8, 4) is 0 Å². The third kappa shape index (κ3) is 3.99. The Hall–Kier alpha value is -1.02. The lowest BCUT2D eigenvalue weighted by Crippen LogP contribution is -2.37. The summed E-state index contributed by atoms with van der Waals surface area (Å²) in [5.41, 5.74) is 2.90. The van der Waals surface area contributed by atoms with Crippen LogP contribution in [0.2, 0.25) is 0 Å². The maximum Gasteiger partial charge on any atom is 0.0414 e. The van der Waals surface area contributed by atoms with E-state index < -0.39 is 0 Å². The van der Waals surface area contributed by atoms with Crippen LogP contribution < -0.4 is 10.2 Å². The quantitative estimate of drug-likeness (QED) is 0.801. The summed E-state index contributed by atoms with van der Waals surface area (Å²) in [6, 6.07) is 9.69. The van der Waals surface area contributed by atoms with E-state index in [4.69, 9.17) is 0 Å². The molecule has 2 nitrogen and oxygen atoms in total. The minimum absolute atomic E-state index is 0.711. The summed E-state index contributed by atoms with van der Waals surface area (Å²) in [7, 11) is 0. The van der Waals surface area contributed by atoms with Crippen molar-refractivity contribution in [2.24, 2.45) is 5.92 Å². The van der Waals surface area contributed by atoms with Crippen molar-refractivity contribution in [3.63, 3.8) is 0 Å². The van der Waals surface area contributed by atoms with Crippen LogP contribution in [0, 0.1) is 5.92 Å². The van der Waals surface area contributed by atoms with E-state index in [1.165, 1.54) is 43.5 Å². The highest BCUT2D eigenvalue weighted by atomic mass is 15.2. The zero-order chi connectivity index (χ0) is 14.4. The molecular weight excluding hydrogens is 244 g/mol. The van der Waals surface area contributed by atoms with Gasteiger partial charge in [0.2, 0.25) is 0 Å². The van der Waals surface area contributed by atoms with Gasteiger partial charge >= 0.3 is 0 Å². The largest absolute Gasteiger partial charge is 0.368 e. The van der Waals surface area contributed by atoms with Gasteiger partial charge in [0, 0.05) is 24.8 Å². The van der Waals surface area contributed by atoms with Gasteiger partial charge in [-0.25, -0.2) is 0 Å². The maximum atomic E-state index is 3.48. The Morgan fingerprint density at radius 3 is 2.55 bits per heavy atom. The summed E-state index contributed by atoms with van der Waals surface area (Å²) in [6.45, 7) is 10.0. The van der Waals surface area contributed by atoms with E-state index in [1.807, 2.05) is 0 Å². The van der Waals surface area contributed by atoms with Gasteiger partial charge < -0.3 is 10.2 Å². The molecule has 0 amide bonds. The van der Waals surface area contributed by atoms with Gasteiger partial charge in [0.15, 0.2) is 0 Å². The molecule has 112 valence electrons. The molecule has 0 unspecified atom stereocenters. The summed E-state index contributed by atoms with van der Waals surface area (Å²) in [5, 5.41) is 3.48. The third-order valence-corrected chi connectivity index (χ3v) is 4.19. The molecule has 0 heterocycles. The lowest BCUT2D eigenvalue weighted by Gasteiger charge is -2.34. The molecule has 0 aromatic heterocycles. The Bertz CT molecular complexity index is 394. The number of hydrogen-bond acceptors (Lipinski definition) is 2. The van der Waals surface area contributed by atoms with E-state index in [0.717, 1.165) is 19.1 Å². The summed E-state index contributed by atoms with van der Waals surface area (Å²) in [5.74, 6) is 0.711. The predicted octanol–water partition coefficient (Wildman–Crippen LogP) is 4.20. The van der Waals surface area contributed by atoms with Gasteiger partial charge in [0.05, 0.1) is 0 Å². The first kappa shape index (κ1) is 15.4. The third-order valence-electron chi connectivity index (χ3n) is 4.19. The molecule has 1 aromatic carbocycles. The topological polar surface area (TPSA) is 15.3 Å². The molecular formula is C18H30N2. The van der Waals surface area contributed by atoms with Crippen molar-refractivity contribution in [1.82, 2.24) is 5.32 Å². The van der Waals surface area contributed by atoms with Crippen molar-refractivity contribution >= 4 is 5.69 Å². The van der Waals surface area contributed by atoms with E-state index >= 15 is 0 Å². The average Bonchev–Trinajstić information content (AvgIpc) is 2.97. The lowest BCUT2D eigenvalue weighted by molar-refractivity contribution is 0.533. The molecule has 0 bridgehead atoms. The maximum absolute atomic E-state index is 3.48. The highest BCUT2D eigenvalue weighted by Gasteiger charge is 2.24. The van der Waals surface area contributed by atoms with Gasteiger partial charge in [-0.15, -0.1) is 0 Å². The normalized spacial score (nSPS) is 16.0. The average molecular weight is 274 g/mol. The van der Waals surface area contributed by atoms with Crippen molar-refractivity contribution in [2.45, 2.75) is 59.0 Å². The van der Waals surface area contributed by atoms with E-state index in [1.54, 1.807) is 0 Å². The molecule has 0 atom stereocenters. The number of nitrogens with zero attached hydrogens (tertiary/aromatic N) is 1. The Morgan fingerprint density at radius 2 is 1.90 bits per heavy atom. The molecule has 1 aliphatic carbocycles. The van der Waals surface area contributed by atoms with E-state index in [0.29, 0.717) is 5.92 Å².